The summed E-state index contributed by atoms with van der Waals surface area (Å²) in [5.74, 6) is 0.727. The molecule has 0 aliphatic heterocycles. The number of benzene rings is 1. The Bertz CT molecular complexity index is 943. The second-order valence-electron chi connectivity index (χ2n) is 5.00. The number of aromatic amines is 1. The highest BCUT2D eigenvalue weighted by atomic mass is 32.1. The topological polar surface area (TPSA) is 79.1 Å². The minimum atomic E-state index is 0.180. The van der Waals surface area contributed by atoms with Crippen LogP contribution in [0.2, 0.25) is 0 Å². The van der Waals surface area contributed by atoms with Crippen molar-refractivity contribution in [2.24, 2.45) is 5.10 Å². The lowest BCUT2D eigenvalue weighted by molar-refractivity contribution is 0.469. The lowest BCUT2D eigenvalue weighted by atomic mass is 10.1. The number of phenols is 1. The summed E-state index contributed by atoms with van der Waals surface area (Å²) in [6, 6.07) is 9.16. The first-order chi connectivity index (χ1) is 11.7. The predicted octanol–water partition coefficient (Wildman–Crippen LogP) is 3.32. The number of hydrogen-bond donors (Lipinski definition) is 2. The van der Waals surface area contributed by atoms with Crippen LogP contribution in [0.25, 0.3) is 11.4 Å². The normalized spacial score (nSPS) is 11.0. The van der Waals surface area contributed by atoms with E-state index in [9.17, 15) is 5.11 Å². The Hall–Kier alpha value is -3.06. The van der Waals surface area contributed by atoms with Gasteiger partial charge in [0.05, 0.1) is 6.21 Å². The molecule has 2 aromatic heterocycles. The fourth-order valence-electron chi connectivity index (χ4n) is 2.24. The maximum absolute atomic E-state index is 10.3. The number of aromatic hydroxyl groups is 1. The van der Waals surface area contributed by atoms with Crippen molar-refractivity contribution < 1.29 is 5.11 Å². The van der Waals surface area contributed by atoms with E-state index < -0.39 is 0 Å². The molecule has 0 amide bonds. The highest BCUT2D eigenvalue weighted by molar-refractivity contribution is 7.71. The van der Waals surface area contributed by atoms with E-state index in [1.807, 2.05) is 24.3 Å². The van der Waals surface area contributed by atoms with Gasteiger partial charge in [0.2, 0.25) is 4.77 Å². The number of phenolic OH excluding ortho intramolecular Hbond substituents is 1. The minimum absolute atomic E-state index is 0.180. The van der Waals surface area contributed by atoms with Gasteiger partial charge in [-0.1, -0.05) is 18.2 Å². The van der Waals surface area contributed by atoms with Crippen molar-refractivity contribution in [1.82, 2.24) is 19.9 Å². The molecule has 0 atom stereocenters. The minimum Gasteiger partial charge on any atom is -0.507 e. The van der Waals surface area contributed by atoms with Crippen LogP contribution in [0.15, 0.2) is 60.5 Å². The summed E-state index contributed by atoms with van der Waals surface area (Å²) in [4.78, 5) is 4.07. The summed E-state index contributed by atoms with van der Waals surface area (Å²) in [5.41, 5.74) is 2.17. The van der Waals surface area contributed by atoms with E-state index in [2.05, 4.69) is 26.9 Å². The Balaban J connectivity index is 2.00. The van der Waals surface area contributed by atoms with Crippen molar-refractivity contribution in [3.05, 3.63) is 71.3 Å². The molecule has 24 heavy (non-hydrogen) atoms. The molecular formula is C17H15N5OS. The average molecular weight is 337 g/mol. The van der Waals surface area contributed by atoms with Crippen LogP contribution < -0.4 is 0 Å². The standard InChI is InChI=1S/C17H15N5OS/c1-2-5-12-6-3-7-13(15(12)23)11-19-22-16(20-21-17(22)24)14-8-4-9-18-10-14/h2-4,6-11,23H,1,5H2,(H,21,24)/b19-11-. The van der Waals surface area contributed by atoms with Crippen molar-refractivity contribution in [3.8, 4) is 17.1 Å². The lowest BCUT2D eigenvalue weighted by Crippen LogP contribution is -1.96. The van der Waals surface area contributed by atoms with Crippen LogP contribution in [-0.2, 0) is 6.42 Å². The number of aromatic nitrogens is 4. The number of hydrogen-bond acceptors (Lipinski definition) is 5. The Labute approximate surface area is 143 Å². The highest BCUT2D eigenvalue weighted by Gasteiger charge is 2.09. The number of allylic oxidation sites excluding steroid dienone is 1. The molecule has 6 nitrogen and oxygen atoms in total. The number of pyridine rings is 1. The van der Waals surface area contributed by atoms with Crippen molar-refractivity contribution >= 4 is 18.4 Å². The second kappa shape index (κ2) is 7.01. The van der Waals surface area contributed by atoms with Gasteiger partial charge in [0.15, 0.2) is 5.82 Å². The zero-order valence-electron chi connectivity index (χ0n) is 12.8. The number of rotatable bonds is 5. The van der Waals surface area contributed by atoms with Crippen LogP contribution in [0.4, 0.5) is 0 Å². The van der Waals surface area contributed by atoms with Crippen LogP contribution in [0, 0.1) is 4.77 Å². The van der Waals surface area contributed by atoms with Gasteiger partial charge in [-0.05, 0) is 42.4 Å². The molecule has 0 saturated carbocycles. The molecular weight excluding hydrogens is 322 g/mol. The first kappa shape index (κ1) is 15.8. The van der Waals surface area contributed by atoms with Gasteiger partial charge < -0.3 is 5.11 Å². The lowest BCUT2D eigenvalue weighted by Gasteiger charge is -2.05. The number of para-hydroxylation sites is 1. The number of nitrogens with one attached hydrogen (secondary N) is 1. The van der Waals surface area contributed by atoms with E-state index in [4.69, 9.17) is 12.2 Å². The van der Waals surface area contributed by atoms with Gasteiger partial charge in [0, 0.05) is 23.5 Å². The van der Waals surface area contributed by atoms with Gasteiger partial charge >= 0.3 is 0 Å². The summed E-state index contributed by atoms with van der Waals surface area (Å²) < 4.78 is 1.85. The fraction of sp³-hybridized carbons (Fsp3) is 0.0588. The van der Waals surface area contributed by atoms with E-state index >= 15 is 0 Å². The van der Waals surface area contributed by atoms with Gasteiger partial charge in [-0.2, -0.15) is 14.9 Å². The largest absolute Gasteiger partial charge is 0.507 e. The SMILES string of the molecule is C=CCc1cccc(/C=N\n2c(-c3cccnc3)n[nH]c2=S)c1O. The summed E-state index contributed by atoms with van der Waals surface area (Å²) >= 11 is 5.22. The first-order valence-corrected chi connectivity index (χ1v) is 7.65. The first-order valence-electron chi connectivity index (χ1n) is 7.24. The molecule has 0 bridgehead atoms. The van der Waals surface area contributed by atoms with E-state index in [1.165, 1.54) is 4.68 Å². The zero-order chi connectivity index (χ0) is 16.9. The van der Waals surface area contributed by atoms with E-state index in [0.29, 0.717) is 22.6 Å². The molecule has 120 valence electrons. The third-order valence-electron chi connectivity index (χ3n) is 3.40. The molecule has 2 N–H and O–H groups in total. The third-order valence-corrected chi connectivity index (χ3v) is 3.66. The van der Waals surface area contributed by atoms with Gasteiger partial charge in [-0.25, -0.2) is 5.10 Å². The quantitative estimate of drug-likeness (QED) is 0.425. The number of H-pyrrole nitrogens is 1. The van der Waals surface area contributed by atoms with E-state index in [1.54, 1.807) is 30.8 Å². The van der Waals surface area contributed by atoms with Crippen molar-refractivity contribution in [2.75, 3.05) is 0 Å². The average Bonchev–Trinajstić information content (AvgIpc) is 2.97. The Kier molecular flexibility index (Phi) is 4.62. The molecule has 7 heteroatoms. The molecule has 3 rings (SSSR count). The molecule has 1 aromatic carbocycles. The Morgan fingerprint density at radius 3 is 2.96 bits per heavy atom. The Morgan fingerprint density at radius 1 is 1.33 bits per heavy atom. The summed E-state index contributed by atoms with van der Waals surface area (Å²) in [7, 11) is 0. The maximum atomic E-state index is 10.3. The molecule has 2 heterocycles. The van der Waals surface area contributed by atoms with Gasteiger partial charge in [0.25, 0.3) is 0 Å². The second-order valence-corrected chi connectivity index (χ2v) is 5.38. The van der Waals surface area contributed by atoms with Crippen LogP contribution >= 0.6 is 12.2 Å². The van der Waals surface area contributed by atoms with Crippen molar-refractivity contribution in [3.63, 3.8) is 0 Å². The van der Waals surface area contributed by atoms with E-state index in [0.717, 1.165) is 11.1 Å². The van der Waals surface area contributed by atoms with Gasteiger partial charge in [0.1, 0.15) is 5.75 Å². The smallest absolute Gasteiger partial charge is 0.216 e. The van der Waals surface area contributed by atoms with Crippen molar-refractivity contribution in [2.45, 2.75) is 6.42 Å². The monoisotopic (exact) mass is 337 g/mol. The number of nitrogens with zero attached hydrogens (tertiary/aromatic N) is 4. The van der Waals surface area contributed by atoms with Crippen LogP contribution in [0.3, 0.4) is 0 Å². The summed E-state index contributed by atoms with van der Waals surface area (Å²) in [5, 5.41) is 21.6. The molecule has 0 radical (unpaired) electrons. The van der Waals surface area contributed by atoms with Gasteiger partial charge in [-0.15, -0.1) is 6.58 Å². The Morgan fingerprint density at radius 2 is 2.21 bits per heavy atom. The highest BCUT2D eigenvalue weighted by Crippen LogP contribution is 2.22. The molecule has 0 fully saturated rings. The third kappa shape index (κ3) is 3.16. The molecule has 0 aliphatic carbocycles. The van der Waals surface area contributed by atoms with Crippen LogP contribution in [0.1, 0.15) is 11.1 Å². The predicted molar refractivity (Wildman–Crippen MR) is 95.6 cm³/mol. The molecule has 0 saturated heterocycles. The summed E-state index contributed by atoms with van der Waals surface area (Å²) in [6.45, 7) is 3.69. The van der Waals surface area contributed by atoms with Crippen molar-refractivity contribution in [1.29, 1.82) is 0 Å². The zero-order valence-corrected chi connectivity index (χ0v) is 13.6. The molecule has 0 aliphatic rings. The van der Waals surface area contributed by atoms with Crippen LogP contribution in [0.5, 0.6) is 5.75 Å². The van der Waals surface area contributed by atoms with Crippen LogP contribution in [-0.4, -0.2) is 31.2 Å². The molecule has 0 spiro atoms. The molecule has 0 unspecified atom stereocenters. The maximum Gasteiger partial charge on any atom is 0.216 e. The fourth-order valence-corrected chi connectivity index (χ4v) is 2.42. The van der Waals surface area contributed by atoms with Gasteiger partial charge in [-0.3, -0.25) is 4.98 Å². The van der Waals surface area contributed by atoms with E-state index in [-0.39, 0.29) is 5.75 Å². The summed E-state index contributed by atoms with van der Waals surface area (Å²) in [6.07, 6.45) is 7.23. The molecule has 3 aromatic rings.